The van der Waals surface area contributed by atoms with Crippen LogP contribution in [0.5, 0.6) is 0 Å². The van der Waals surface area contributed by atoms with Gasteiger partial charge in [0.1, 0.15) is 11.2 Å². The van der Waals surface area contributed by atoms with Crippen molar-refractivity contribution >= 4 is 17.1 Å². The third kappa shape index (κ3) is 0.816. The number of rotatable bonds is 1. The van der Waals surface area contributed by atoms with Gasteiger partial charge in [0.25, 0.3) is 0 Å². The van der Waals surface area contributed by atoms with E-state index < -0.39 is 0 Å². The SMILES string of the molecule is C=Cc1n[nH]c2cccnc12. The van der Waals surface area contributed by atoms with Gasteiger partial charge >= 0.3 is 0 Å². The van der Waals surface area contributed by atoms with Gasteiger partial charge in [-0.3, -0.25) is 10.1 Å². The van der Waals surface area contributed by atoms with E-state index in [1.54, 1.807) is 12.3 Å². The summed E-state index contributed by atoms with van der Waals surface area (Å²) < 4.78 is 0. The maximum absolute atomic E-state index is 4.15. The standard InChI is InChI=1S/C8H7N3/c1-2-6-8-7(11-10-6)4-3-5-9-8/h2-5H,1H2,(H,10,11). The summed E-state index contributed by atoms with van der Waals surface area (Å²) in [6.45, 7) is 3.63. The van der Waals surface area contributed by atoms with E-state index in [9.17, 15) is 0 Å². The van der Waals surface area contributed by atoms with Crippen molar-refractivity contribution in [2.45, 2.75) is 0 Å². The van der Waals surface area contributed by atoms with Crippen molar-refractivity contribution in [3.8, 4) is 0 Å². The molecule has 0 aliphatic carbocycles. The van der Waals surface area contributed by atoms with Crippen molar-refractivity contribution < 1.29 is 0 Å². The van der Waals surface area contributed by atoms with Crippen molar-refractivity contribution in [2.75, 3.05) is 0 Å². The summed E-state index contributed by atoms with van der Waals surface area (Å²) >= 11 is 0. The third-order valence-corrected chi connectivity index (χ3v) is 1.54. The van der Waals surface area contributed by atoms with Gasteiger partial charge in [-0.15, -0.1) is 0 Å². The van der Waals surface area contributed by atoms with Gasteiger partial charge in [-0.1, -0.05) is 6.58 Å². The number of aromatic nitrogens is 3. The first-order chi connectivity index (χ1) is 5.42. The van der Waals surface area contributed by atoms with Gasteiger partial charge in [0.15, 0.2) is 0 Å². The number of nitrogens with zero attached hydrogens (tertiary/aromatic N) is 2. The molecule has 0 unspecified atom stereocenters. The van der Waals surface area contributed by atoms with E-state index in [2.05, 4.69) is 21.8 Å². The van der Waals surface area contributed by atoms with Crippen LogP contribution in [0.25, 0.3) is 17.1 Å². The van der Waals surface area contributed by atoms with Crippen LogP contribution in [0.2, 0.25) is 0 Å². The zero-order valence-electron chi connectivity index (χ0n) is 5.91. The average molecular weight is 145 g/mol. The van der Waals surface area contributed by atoms with E-state index >= 15 is 0 Å². The van der Waals surface area contributed by atoms with Crippen LogP contribution in [0.4, 0.5) is 0 Å². The van der Waals surface area contributed by atoms with E-state index in [-0.39, 0.29) is 0 Å². The molecule has 2 aromatic heterocycles. The Hall–Kier alpha value is -1.64. The van der Waals surface area contributed by atoms with Crippen molar-refractivity contribution in [1.82, 2.24) is 15.2 Å². The van der Waals surface area contributed by atoms with Crippen LogP contribution in [-0.2, 0) is 0 Å². The van der Waals surface area contributed by atoms with Gasteiger partial charge < -0.3 is 0 Å². The number of aromatic amines is 1. The molecule has 0 saturated heterocycles. The normalized spacial score (nSPS) is 10.2. The Kier molecular flexibility index (Phi) is 1.22. The molecule has 3 nitrogen and oxygen atoms in total. The molecule has 11 heavy (non-hydrogen) atoms. The molecule has 0 radical (unpaired) electrons. The molecule has 1 N–H and O–H groups in total. The molecular formula is C8H7N3. The van der Waals surface area contributed by atoms with E-state index in [1.807, 2.05) is 12.1 Å². The molecule has 0 amide bonds. The summed E-state index contributed by atoms with van der Waals surface area (Å²) in [5.74, 6) is 0. The van der Waals surface area contributed by atoms with Crippen LogP contribution >= 0.6 is 0 Å². The molecule has 0 aromatic carbocycles. The highest BCUT2D eigenvalue weighted by Crippen LogP contribution is 2.11. The molecule has 0 aliphatic heterocycles. The second kappa shape index (κ2) is 2.20. The zero-order chi connectivity index (χ0) is 7.68. The number of pyridine rings is 1. The van der Waals surface area contributed by atoms with E-state index in [0.717, 1.165) is 16.7 Å². The predicted molar refractivity (Wildman–Crippen MR) is 44.0 cm³/mol. The molecule has 0 saturated carbocycles. The van der Waals surface area contributed by atoms with Crippen LogP contribution < -0.4 is 0 Å². The summed E-state index contributed by atoms with van der Waals surface area (Å²) in [5.41, 5.74) is 2.63. The number of fused-ring (bicyclic) bond motifs is 1. The van der Waals surface area contributed by atoms with Crippen molar-refractivity contribution in [1.29, 1.82) is 0 Å². The minimum Gasteiger partial charge on any atom is -0.276 e. The second-order valence-corrected chi connectivity index (χ2v) is 2.21. The van der Waals surface area contributed by atoms with E-state index in [4.69, 9.17) is 0 Å². The first-order valence-corrected chi connectivity index (χ1v) is 3.33. The Morgan fingerprint density at radius 1 is 1.55 bits per heavy atom. The molecule has 2 aromatic rings. The number of hydrogen-bond donors (Lipinski definition) is 1. The lowest BCUT2D eigenvalue weighted by Gasteiger charge is -1.84. The Bertz CT molecular complexity index is 389. The first kappa shape index (κ1) is 6.09. The molecule has 0 fully saturated rings. The van der Waals surface area contributed by atoms with Crippen molar-refractivity contribution in [3.63, 3.8) is 0 Å². The Balaban J connectivity index is 2.86. The maximum atomic E-state index is 4.15. The summed E-state index contributed by atoms with van der Waals surface area (Å²) in [6.07, 6.45) is 3.43. The van der Waals surface area contributed by atoms with Crippen LogP contribution in [-0.4, -0.2) is 15.2 Å². The molecule has 3 heteroatoms. The van der Waals surface area contributed by atoms with E-state index in [1.165, 1.54) is 0 Å². The maximum Gasteiger partial charge on any atom is 0.115 e. The lowest BCUT2D eigenvalue weighted by Crippen LogP contribution is -1.73. The summed E-state index contributed by atoms with van der Waals surface area (Å²) in [5, 5.41) is 6.86. The number of nitrogens with one attached hydrogen (secondary N) is 1. The van der Waals surface area contributed by atoms with Crippen LogP contribution in [0.1, 0.15) is 5.69 Å². The minimum atomic E-state index is 0.806. The molecule has 0 atom stereocenters. The zero-order valence-corrected chi connectivity index (χ0v) is 5.91. The second-order valence-electron chi connectivity index (χ2n) is 2.21. The van der Waals surface area contributed by atoms with Gasteiger partial charge in [0.2, 0.25) is 0 Å². The highest BCUT2D eigenvalue weighted by Gasteiger charge is 2.00. The van der Waals surface area contributed by atoms with Crippen LogP contribution in [0, 0.1) is 0 Å². The highest BCUT2D eigenvalue weighted by molar-refractivity contribution is 5.81. The van der Waals surface area contributed by atoms with Crippen LogP contribution in [0.15, 0.2) is 24.9 Å². The quantitative estimate of drug-likeness (QED) is 0.662. The first-order valence-electron chi connectivity index (χ1n) is 3.33. The molecule has 2 heterocycles. The van der Waals surface area contributed by atoms with Gasteiger partial charge in [0, 0.05) is 6.20 Å². The monoisotopic (exact) mass is 145 g/mol. The smallest absolute Gasteiger partial charge is 0.115 e. The Labute approximate surface area is 63.8 Å². The van der Waals surface area contributed by atoms with E-state index in [0.29, 0.717) is 0 Å². The molecule has 0 aliphatic rings. The molecule has 0 bridgehead atoms. The molecule has 54 valence electrons. The predicted octanol–water partition coefficient (Wildman–Crippen LogP) is 1.60. The Morgan fingerprint density at radius 2 is 2.45 bits per heavy atom. The number of H-pyrrole nitrogens is 1. The van der Waals surface area contributed by atoms with Gasteiger partial charge in [0.05, 0.1) is 5.52 Å². The third-order valence-electron chi connectivity index (χ3n) is 1.54. The summed E-state index contributed by atoms with van der Waals surface area (Å²) in [6, 6.07) is 3.80. The van der Waals surface area contributed by atoms with Crippen LogP contribution in [0.3, 0.4) is 0 Å². The lowest BCUT2D eigenvalue weighted by atomic mass is 10.3. The molecular weight excluding hydrogens is 138 g/mol. The van der Waals surface area contributed by atoms with Gasteiger partial charge in [-0.25, -0.2) is 0 Å². The number of hydrogen-bond acceptors (Lipinski definition) is 2. The molecule has 2 rings (SSSR count). The minimum absolute atomic E-state index is 0.806. The van der Waals surface area contributed by atoms with Crippen molar-refractivity contribution in [2.24, 2.45) is 0 Å². The summed E-state index contributed by atoms with van der Waals surface area (Å²) in [4.78, 5) is 4.15. The fraction of sp³-hybridized carbons (Fsp3) is 0. The molecule has 0 spiro atoms. The fourth-order valence-corrected chi connectivity index (χ4v) is 1.02. The fourth-order valence-electron chi connectivity index (χ4n) is 1.02. The van der Waals surface area contributed by atoms with Crippen molar-refractivity contribution in [3.05, 3.63) is 30.6 Å². The topological polar surface area (TPSA) is 41.6 Å². The largest absolute Gasteiger partial charge is 0.276 e. The lowest BCUT2D eigenvalue weighted by molar-refractivity contribution is 1.11. The highest BCUT2D eigenvalue weighted by atomic mass is 15.1. The van der Waals surface area contributed by atoms with Gasteiger partial charge in [-0.05, 0) is 18.2 Å². The average Bonchev–Trinajstić information content (AvgIpc) is 2.47. The Morgan fingerprint density at radius 3 is 3.27 bits per heavy atom. The van der Waals surface area contributed by atoms with Gasteiger partial charge in [-0.2, -0.15) is 5.10 Å². The summed E-state index contributed by atoms with van der Waals surface area (Å²) in [7, 11) is 0.